The molecule has 0 bridgehead atoms. The molecule has 0 aliphatic carbocycles. The zero-order valence-electron chi connectivity index (χ0n) is 16.1. The minimum Gasteiger partial charge on any atom is -0.496 e. The van der Waals surface area contributed by atoms with E-state index in [0.717, 1.165) is 11.1 Å². The highest BCUT2D eigenvalue weighted by Gasteiger charge is 2.08. The Bertz CT molecular complexity index is 836. The van der Waals surface area contributed by atoms with E-state index in [1.807, 2.05) is 49.4 Å². The first-order valence-electron chi connectivity index (χ1n) is 8.78. The van der Waals surface area contributed by atoms with Crippen LogP contribution in [0.15, 0.2) is 60.8 Å². The Morgan fingerprint density at radius 3 is 2.57 bits per heavy atom. The van der Waals surface area contributed by atoms with Crippen LogP contribution in [0.2, 0.25) is 0 Å². The van der Waals surface area contributed by atoms with Crippen molar-refractivity contribution >= 4 is 11.8 Å². The molecule has 0 unspecified atom stereocenters. The van der Waals surface area contributed by atoms with Crippen LogP contribution in [0.25, 0.3) is 0 Å². The van der Waals surface area contributed by atoms with Gasteiger partial charge in [0.15, 0.2) is 6.61 Å². The van der Waals surface area contributed by atoms with Gasteiger partial charge in [-0.15, -0.1) is 0 Å². The van der Waals surface area contributed by atoms with Crippen molar-refractivity contribution in [1.82, 2.24) is 16.2 Å². The van der Waals surface area contributed by atoms with Gasteiger partial charge >= 0.3 is 0 Å². The lowest BCUT2D eigenvalue weighted by Gasteiger charge is -2.13. The average Bonchev–Trinajstić information content (AvgIpc) is 2.69. The maximum atomic E-state index is 12.0. The van der Waals surface area contributed by atoms with E-state index in [-0.39, 0.29) is 24.8 Å². The van der Waals surface area contributed by atoms with Crippen molar-refractivity contribution in [1.29, 1.82) is 0 Å². The van der Waals surface area contributed by atoms with Crippen molar-refractivity contribution in [3.63, 3.8) is 0 Å². The van der Waals surface area contributed by atoms with Crippen LogP contribution in [0, 0.1) is 6.92 Å². The molecular formula is C21H25N3O4. The van der Waals surface area contributed by atoms with Crippen LogP contribution < -0.4 is 25.6 Å². The van der Waals surface area contributed by atoms with E-state index >= 15 is 0 Å². The Kier molecular flexibility index (Phi) is 7.90. The molecule has 0 radical (unpaired) electrons. The first-order valence-corrected chi connectivity index (χ1v) is 8.78. The number of carbonyl (C=O) groups excluding carboxylic acids is 2. The zero-order chi connectivity index (χ0) is 20.4. The molecule has 7 heteroatoms. The molecule has 0 spiro atoms. The van der Waals surface area contributed by atoms with Gasteiger partial charge in [0.25, 0.3) is 5.91 Å². The van der Waals surface area contributed by atoms with E-state index in [0.29, 0.717) is 23.7 Å². The average molecular weight is 383 g/mol. The highest BCUT2D eigenvalue weighted by Crippen LogP contribution is 2.16. The van der Waals surface area contributed by atoms with Gasteiger partial charge in [0, 0.05) is 17.8 Å². The van der Waals surface area contributed by atoms with Crippen molar-refractivity contribution in [2.24, 2.45) is 0 Å². The molecule has 2 aromatic carbocycles. The summed E-state index contributed by atoms with van der Waals surface area (Å²) in [6.45, 7) is 5.87. The quantitative estimate of drug-likeness (QED) is 0.548. The Morgan fingerprint density at radius 2 is 1.82 bits per heavy atom. The second-order valence-electron chi connectivity index (χ2n) is 6.15. The monoisotopic (exact) mass is 383 g/mol. The van der Waals surface area contributed by atoms with Crippen molar-refractivity contribution in [3.8, 4) is 11.5 Å². The number of carbonyl (C=O) groups is 2. The van der Waals surface area contributed by atoms with Crippen molar-refractivity contribution in [3.05, 3.63) is 71.9 Å². The van der Waals surface area contributed by atoms with Gasteiger partial charge in [-0.2, -0.15) is 0 Å². The number of hydrogen-bond donors (Lipinski definition) is 3. The molecule has 2 rings (SSSR count). The van der Waals surface area contributed by atoms with Crippen LogP contribution >= 0.6 is 0 Å². The molecule has 0 aliphatic heterocycles. The predicted octanol–water partition coefficient (Wildman–Crippen LogP) is 2.22. The lowest BCUT2D eigenvalue weighted by molar-refractivity contribution is -0.124. The molecule has 0 fully saturated rings. The van der Waals surface area contributed by atoms with Gasteiger partial charge in [0.2, 0.25) is 5.91 Å². The van der Waals surface area contributed by atoms with E-state index in [9.17, 15) is 9.59 Å². The van der Waals surface area contributed by atoms with Gasteiger partial charge < -0.3 is 20.2 Å². The number of nitrogens with one attached hydrogen (secondary N) is 3. The van der Waals surface area contributed by atoms with Crippen molar-refractivity contribution < 1.29 is 19.1 Å². The lowest BCUT2D eigenvalue weighted by atomic mass is 10.2. The predicted molar refractivity (Wildman–Crippen MR) is 107 cm³/mol. The second kappa shape index (κ2) is 10.6. The molecule has 0 heterocycles. The smallest absolute Gasteiger partial charge is 0.276 e. The molecule has 3 N–H and O–H groups in total. The normalized spacial score (nSPS) is 9.93. The van der Waals surface area contributed by atoms with E-state index < -0.39 is 0 Å². The Hall–Kier alpha value is -3.48. The number of aryl methyl sites for hydroxylation is 1. The fraction of sp³-hybridized carbons (Fsp3) is 0.238. The second-order valence-corrected chi connectivity index (χ2v) is 6.15. The summed E-state index contributed by atoms with van der Waals surface area (Å²) in [4.78, 5) is 23.8. The molecule has 7 nitrogen and oxygen atoms in total. The highest BCUT2D eigenvalue weighted by atomic mass is 16.5. The van der Waals surface area contributed by atoms with Crippen LogP contribution in [0.4, 0.5) is 0 Å². The fourth-order valence-corrected chi connectivity index (χ4v) is 2.39. The van der Waals surface area contributed by atoms with E-state index in [1.54, 1.807) is 13.2 Å². The summed E-state index contributed by atoms with van der Waals surface area (Å²) >= 11 is 0. The van der Waals surface area contributed by atoms with Crippen LogP contribution in [-0.2, 0) is 16.1 Å². The van der Waals surface area contributed by atoms with Gasteiger partial charge in [0.1, 0.15) is 11.5 Å². The molecule has 0 atom stereocenters. The summed E-state index contributed by atoms with van der Waals surface area (Å²) in [5, 5.41) is 2.79. The molecule has 0 saturated carbocycles. The minimum absolute atomic E-state index is 0.0220. The van der Waals surface area contributed by atoms with Crippen LogP contribution in [-0.4, -0.2) is 25.5 Å². The lowest BCUT2D eigenvalue weighted by Crippen LogP contribution is -2.40. The van der Waals surface area contributed by atoms with E-state index in [2.05, 4.69) is 22.7 Å². The number of hydrazine groups is 1. The number of benzene rings is 2. The summed E-state index contributed by atoms with van der Waals surface area (Å²) in [6, 6.07) is 14.9. The zero-order valence-corrected chi connectivity index (χ0v) is 16.1. The number of hydrogen-bond acceptors (Lipinski definition) is 5. The molecule has 28 heavy (non-hydrogen) atoms. The maximum Gasteiger partial charge on any atom is 0.276 e. The number of ether oxygens (including phenoxy) is 2. The van der Waals surface area contributed by atoms with E-state index in [1.165, 1.54) is 0 Å². The standard InChI is InChI=1S/C21H25N3O4/c1-15-7-6-9-18(11-15)28-14-21(26)24-23-16(2)12-20(25)22-13-17-8-4-5-10-19(17)27-3/h4-11,23H,2,12-14H2,1,3H3,(H,22,25)(H,24,26). The third kappa shape index (κ3) is 7.03. The Labute approximate surface area is 164 Å². The van der Waals surface area contributed by atoms with Crippen LogP contribution in [0.3, 0.4) is 0 Å². The third-order valence-corrected chi connectivity index (χ3v) is 3.78. The summed E-state index contributed by atoms with van der Waals surface area (Å²) in [5.74, 6) is 0.719. The molecule has 2 amide bonds. The van der Waals surface area contributed by atoms with Gasteiger partial charge in [-0.1, -0.05) is 36.9 Å². The fourth-order valence-electron chi connectivity index (χ4n) is 2.39. The highest BCUT2D eigenvalue weighted by molar-refractivity contribution is 5.79. The number of methoxy groups -OCH3 is 1. The third-order valence-electron chi connectivity index (χ3n) is 3.78. The van der Waals surface area contributed by atoms with Crippen molar-refractivity contribution in [2.75, 3.05) is 13.7 Å². The SMILES string of the molecule is C=C(CC(=O)NCc1ccccc1OC)NNC(=O)COc1cccc(C)c1. The first-order chi connectivity index (χ1) is 13.5. The number of rotatable bonds is 10. The Balaban J connectivity index is 1.67. The minimum atomic E-state index is -0.378. The van der Waals surface area contributed by atoms with Crippen molar-refractivity contribution in [2.45, 2.75) is 19.9 Å². The molecule has 0 aliphatic rings. The summed E-state index contributed by atoms with van der Waals surface area (Å²) in [6.07, 6.45) is 0.0220. The van der Waals surface area contributed by atoms with Gasteiger partial charge in [0.05, 0.1) is 13.5 Å². The van der Waals surface area contributed by atoms with Gasteiger partial charge in [-0.05, 0) is 30.7 Å². The number of para-hydroxylation sites is 1. The summed E-state index contributed by atoms with van der Waals surface area (Å²) in [5.41, 5.74) is 7.35. The molecule has 0 saturated heterocycles. The van der Waals surface area contributed by atoms with Crippen LogP contribution in [0.1, 0.15) is 17.5 Å². The van der Waals surface area contributed by atoms with Gasteiger partial charge in [-0.25, -0.2) is 0 Å². The molecule has 148 valence electrons. The summed E-state index contributed by atoms with van der Waals surface area (Å²) < 4.78 is 10.6. The topological polar surface area (TPSA) is 88.7 Å². The largest absolute Gasteiger partial charge is 0.496 e. The molecule has 0 aromatic heterocycles. The number of amides is 2. The van der Waals surface area contributed by atoms with Gasteiger partial charge in [-0.3, -0.25) is 15.0 Å². The molecule has 2 aromatic rings. The van der Waals surface area contributed by atoms with E-state index in [4.69, 9.17) is 9.47 Å². The first kappa shape index (κ1) is 20.8. The molecular weight excluding hydrogens is 358 g/mol. The Morgan fingerprint density at radius 1 is 1.04 bits per heavy atom. The van der Waals surface area contributed by atoms with Crippen LogP contribution in [0.5, 0.6) is 11.5 Å². The maximum absolute atomic E-state index is 12.0. The summed E-state index contributed by atoms with van der Waals surface area (Å²) in [7, 11) is 1.58.